The molecule has 108 valence electrons. The number of aryl methyl sites for hydroxylation is 1. The Balaban J connectivity index is 2.28. The molecule has 2 N–H and O–H groups in total. The van der Waals surface area contributed by atoms with E-state index < -0.39 is 10.0 Å². The number of nitrogens with one attached hydrogen (secondary N) is 1. The molecule has 0 amide bonds. The predicted octanol–water partition coefficient (Wildman–Crippen LogP) is 3.05. The van der Waals surface area contributed by atoms with E-state index in [-0.39, 0.29) is 10.8 Å². The van der Waals surface area contributed by atoms with Gasteiger partial charge in [0.1, 0.15) is 4.21 Å². The van der Waals surface area contributed by atoms with Crippen LogP contribution in [0.2, 0.25) is 5.02 Å². The lowest BCUT2D eigenvalue weighted by atomic mass is 10.2. The van der Waals surface area contributed by atoms with Gasteiger partial charge in [-0.3, -0.25) is 4.72 Å². The van der Waals surface area contributed by atoms with Crippen LogP contribution in [0.3, 0.4) is 0 Å². The molecular weight excluding hydrogens is 318 g/mol. The minimum Gasteiger partial charge on any atom is -0.396 e. The van der Waals surface area contributed by atoms with E-state index >= 15 is 0 Å². The first-order chi connectivity index (χ1) is 9.42. The molecule has 4 nitrogen and oxygen atoms in total. The van der Waals surface area contributed by atoms with Crippen LogP contribution in [-0.2, 0) is 16.4 Å². The molecule has 0 unspecified atom stereocenters. The molecule has 0 saturated heterocycles. The number of sulfonamides is 1. The maximum Gasteiger partial charge on any atom is 0.271 e. The van der Waals surface area contributed by atoms with Crippen LogP contribution in [0.15, 0.2) is 34.5 Å². The molecule has 1 aromatic carbocycles. The second kappa shape index (κ2) is 6.13. The Labute approximate surface area is 127 Å². The summed E-state index contributed by atoms with van der Waals surface area (Å²) in [6.45, 7) is 1.86. The monoisotopic (exact) mass is 331 g/mol. The number of halogens is 1. The SMILES string of the molecule is Cc1ccc(Cl)c(NS(=O)(=O)c2ccc(CCO)s2)c1. The zero-order valence-electron chi connectivity index (χ0n) is 10.8. The maximum absolute atomic E-state index is 12.3. The molecule has 0 radical (unpaired) electrons. The summed E-state index contributed by atoms with van der Waals surface area (Å²) in [6.07, 6.45) is 0.450. The van der Waals surface area contributed by atoms with Gasteiger partial charge in [0.05, 0.1) is 10.7 Å². The molecule has 2 aromatic rings. The molecular formula is C13H14ClNO3S2. The van der Waals surface area contributed by atoms with Gasteiger partial charge in [0.15, 0.2) is 0 Å². The van der Waals surface area contributed by atoms with Gasteiger partial charge in [-0.05, 0) is 36.8 Å². The summed E-state index contributed by atoms with van der Waals surface area (Å²) in [5.41, 5.74) is 1.28. The van der Waals surface area contributed by atoms with Crippen molar-refractivity contribution in [3.8, 4) is 0 Å². The molecule has 20 heavy (non-hydrogen) atoms. The average Bonchev–Trinajstić information content (AvgIpc) is 2.83. The fourth-order valence-electron chi connectivity index (χ4n) is 1.66. The number of rotatable bonds is 5. The second-order valence-corrected chi connectivity index (χ2v) is 7.77. The van der Waals surface area contributed by atoms with Crippen molar-refractivity contribution < 1.29 is 13.5 Å². The van der Waals surface area contributed by atoms with Crippen LogP contribution < -0.4 is 4.72 Å². The molecule has 1 heterocycles. The number of hydrogen-bond acceptors (Lipinski definition) is 4. The molecule has 1 aromatic heterocycles. The Morgan fingerprint density at radius 1 is 1.30 bits per heavy atom. The van der Waals surface area contributed by atoms with Gasteiger partial charge in [0.25, 0.3) is 10.0 Å². The third-order valence-corrected chi connectivity index (χ3v) is 5.96. The van der Waals surface area contributed by atoms with Crippen molar-refractivity contribution in [2.75, 3.05) is 11.3 Å². The van der Waals surface area contributed by atoms with Crippen molar-refractivity contribution in [2.45, 2.75) is 17.6 Å². The van der Waals surface area contributed by atoms with Crippen molar-refractivity contribution in [3.05, 3.63) is 45.8 Å². The molecule has 0 aliphatic carbocycles. The molecule has 7 heteroatoms. The lowest BCUT2D eigenvalue weighted by molar-refractivity contribution is 0.300. The van der Waals surface area contributed by atoms with Crippen LogP contribution >= 0.6 is 22.9 Å². The van der Waals surface area contributed by atoms with Crippen LogP contribution in [0.25, 0.3) is 0 Å². The van der Waals surface area contributed by atoms with Crippen LogP contribution in [0.4, 0.5) is 5.69 Å². The minimum absolute atomic E-state index is 0.00284. The van der Waals surface area contributed by atoms with E-state index in [4.69, 9.17) is 16.7 Å². The zero-order chi connectivity index (χ0) is 14.8. The topological polar surface area (TPSA) is 66.4 Å². The van der Waals surface area contributed by atoms with Crippen molar-refractivity contribution in [2.24, 2.45) is 0 Å². The van der Waals surface area contributed by atoms with Gasteiger partial charge in [-0.1, -0.05) is 17.7 Å². The highest BCUT2D eigenvalue weighted by atomic mass is 35.5. The molecule has 0 saturated carbocycles. The van der Waals surface area contributed by atoms with E-state index in [0.29, 0.717) is 17.1 Å². The van der Waals surface area contributed by atoms with E-state index in [0.717, 1.165) is 21.8 Å². The third-order valence-electron chi connectivity index (χ3n) is 2.63. The minimum atomic E-state index is -3.65. The Morgan fingerprint density at radius 3 is 2.75 bits per heavy atom. The quantitative estimate of drug-likeness (QED) is 0.885. The van der Waals surface area contributed by atoms with E-state index in [9.17, 15) is 8.42 Å². The van der Waals surface area contributed by atoms with Gasteiger partial charge in [-0.25, -0.2) is 8.42 Å². The highest BCUT2D eigenvalue weighted by Gasteiger charge is 2.18. The predicted molar refractivity (Wildman–Crippen MR) is 82.1 cm³/mol. The summed E-state index contributed by atoms with van der Waals surface area (Å²) in [5.74, 6) is 0. The average molecular weight is 332 g/mol. The van der Waals surface area contributed by atoms with Gasteiger partial charge in [-0.2, -0.15) is 0 Å². The van der Waals surface area contributed by atoms with E-state index in [1.165, 1.54) is 6.07 Å². The number of anilines is 1. The Kier molecular flexibility index (Phi) is 4.70. The Bertz CT molecular complexity index is 710. The highest BCUT2D eigenvalue weighted by Crippen LogP contribution is 2.28. The first kappa shape index (κ1) is 15.3. The molecule has 0 aliphatic rings. The van der Waals surface area contributed by atoms with Crippen molar-refractivity contribution in [3.63, 3.8) is 0 Å². The van der Waals surface area contributed by atoms with Crippen LogP contribution in [-0.4, -0.2) is 20.1 Å². The summed E-state index contributed by atoms with van der Waals surface area (Å²) in [5, 5.41) is 9.21. The van der Waals surface area contributed by atoms with Crippen molar-refractivity contribution >= 4 is 38.6 Å². The largest absolute Gasteiger partial charge is 0.396 e. The van der Waals surface area contributed by atoms with Crippen LogP contribution in [0, 0.1) is 6.92 Å². The van der Waals surface area contributed by atoms with E-state index in [1.807, 2.05) is 13.0 Å². The number of hydrogen-bond donors (Lipinski definition) is 2. The zero-order valence-corrected chi connectivity index (χ0v) is 13.1. The van der Waals surface area contributed by atoms with Gasteiger partial charge in [0, 0.05) is 17.9 Å². The van der Waals surface area contributed by atoms with Gasteiger partial charge in [0.2, 0.25) is 0 Å². The fourth-order valence-corrected chi connectivity index (χ4v) is 4.30. The third kappa shape index (κ3) is 3.52. The Morgan fingerprint density at radius 2 is 2.05 bits per heavy atom. The Hall–Kier alpha value is -1.08. The number of benzene rings is 1. The summed E-state index contributed by atoms with van der Waals surface area (Å²) < 4.78 is 27.2. The highest BCUT2D eigenvalue weighted by molar-refractivity contribution is 7.94. The standard InChI is InChI=1S/C13H14ClNO3S2/c1-9-2-4-11(14)12(8-9)15-20(17,18)13-5-3-10(19-13)6-7-16/h2-5,8,15-16H,6-7H2,1H3. The maximum atomic E-state index is 12.3. The fraction of sp³-hybridized carbons (Fsp3) is 0.231. The normalized spacial score (nSPS) is 11.6. The summed E-state index contributed by atoms with van der Waals surface area (Å²) in [6, 6.07) is 8.38. The van der Waals surface area contributed by atoms with Crippen molar-refractivity contribution in [1.82, 2.24) is 0 Å². The molecule has 0 aliphatic heterocycles. The van der Waals surface area contributed by atoms with Crippen LogP contribution in [0.1, 0.15) is 10.4 Å². The summed E-state index contributed by atoms with van der Waals surface area (Å²) >= 11 is 7.13. The molecule has 0 atom stereocenters. The first-order valence-corrected chi connectivity index (χ1v) is 8.58. The van der Waals surface area contributed by atoms with Crippen LogP contribution in [0.5, 0.6) is 0 Å². The van der Waals surface area contributed by atoms with E-state index in [1.54, 1.807) is 18.2 Å². The number of aliphatic hydroxyl groups is 1. The smallest absolute Gasteiger partial charge is 0.271 e. The number of thiophene rings is 1. The summed E-state index contributed by atoms with van der Waals surface area (Å²) in [7, 11) is -3.65. The molecule has 0 bridgehead atoms. The second-order valence-electron chi connectivity index (χ2n) is 4.28. The molecule has 0 fully saturated rings. The van der Waals surface area contributed by atoms with Gasteiger partial charge < -0.3 is 5.11 Å². The van der Waals surface area contributed by atoms with E-state index in [2.05, 4.69) is 4.72 Å². The number of aliphatic hydroxyl groups excluding tert-OH is 1. The first-order valence-electron chi connectivity index (χ1n) is 5.91. The molecule has 2 rings (SSSR count). The lowest BCUT2D eigenvalue weighted by Crippen LogP contribution is -2.11. The van der Waals surface area contributed by atoms with Gasteiger partial charge >= 0.3 is 0 Å². The summed E-state index contributed by atoms with van der Waals surface area (Å²) in [4.78, 5) is 0.822. The van der Waals surface area contributed by atoms with Gasteiger partial charge in [-0.15, -0.1) is 11.3 Å². The lowest BCUT2D eigenvalue weighted by Gasteiger charge is -2.08. The molecule has 0 spiro atoms. The van der Waals surface area contributed by atoms with Crippen molar-refractivity contribution in [1.29, 1.82) is 0 Å².